The number of sulfonamides is 1. The Kier molecular flexibility index (Phi) is 4.83. The molecule has 0 saturated carbocycles. The van der Waals surface area contributed by atoms with E-state index >= 15 is 0 Å². The van der Waals surface area contributed by atoms with Crippen molar-refractivity contribution in [2.45, 2.75) is 10.9 Å². The van der Waals surface area contributed by atoms with E-state index in [1.54, 1.807) is 24.3 Å². The lowest BCUT2D eigenvalue weighted by atomic mass is 10.1. The highest BCUT2D eigenvalue weighted by Gasteiger charge is 2.26. The van der Waals surface area contributed by atoms with Gasteiger partial charge in [0.25, 0.3) is 5.69 Å². The van der Waals surface area contributed by atoms with E-state index in [1.165, 1.54) is 18.2 Å². The lowest BCUT2D eigenvalue weighted by Crippen LogP contribution is -2.30. The standard InChI is InChI=1S/C20H16N4O4S/c25-24(26)15-9-6-10-16(13-15)29(27,28)23-19(14-7-2-1-3-8-14)20-21-17-11-4-5-12-18(17)22-20/h1-13,19,23H,(H,21,22). The molecule has 8 nitrogen and oxygen atoms in total. The van der Waals surface area contributed by atoms with Gasteiger partial charge in [-0.15, -0.1) is 0 Å². The SMILES string of the molecule is O=[N+]([O-])c1cccc(S(=O)(=O)NC(c2ccccc2)c2nc3ccccc3[nH]2)c1. The summed E-state index contributed by atoms with van der Waals surface area (Å²) in [5.41, 5.74) is 1.87. The maximum Gasteiger partial charge on any atom is 0.270 e. The molecule has 0 saturated heterocycles. The van der Waals surface area contributed by atoms with E-state index in [2.05, 4.69) is 14.7 Å². The molecule has 0 fully saturated rings. The van der Waals surface area contributed by atoms with Crippen molar-refractivity contribution in [3.8, 4) is 0 Å². The highest BCUT2D eigenvalue weighted by atomic mass is 32.2. The van der Waals surface area contributed by atoms with E-state index in [0.29, 0.717) is 16.9 Å². The summed E-state index contributed by atoms with van der Waals surface area (Å²) in [5.74, 6) is 0.423. The third kappa shape index (κ3) is 3.86. The van der Waals surface area contributed by atoms with Crippen LogP contribution in [0.3, 0.4) is 0 Å². The van der Waals surface area contributed by atoms with Crippen LogP contribution in [0.4, 0.5) is 5.69 Å². The van der Waals surface area contributed by atoms with Gasteiger partial charge in [0.2, 0.25) is 10.0 Å². The van der Waals surface area contributed by atoms with Gasteiger partial charge in [-0.25, -0.2) is 13.4 Å². The van der Waals surface area contributed by atoms with E-state index in [1.807, 2.05) is 30.3 Å². The molecule has 9 heteroatoms. The Labute approximate surface area is 166 Å². The first-order valence-corrected chi connectivity index (χ1v) is 10.2. The van der Waals surface area contributed by atoms with Crippen LogP contribution in [0.25, 0.3) is 11.0 Å². The number of benzene rings is 3. The predicted molar refractivity (Wildman–Crippen MR) is 108 cm³/mol. The van der Waals surface area contributed by atoms with Gasteiger partial charge < -0.3 is 4.98 Å². The summed E-state index contributed by atoms with van der Waals surface area (Å²) >= 11 is 0. The summed E-state index contributed by atoms with van der Waals surface area (Å²) in [6, 6.07) is 20.5. The van der Waals surface area contributed by atoms with Gasteiger partial charge in [0.15, 0.2) is 0 Å². The van der Waals surface area contributed by atoms with Gasteiger partial charge in [-0.3, -0.25) is 10.1 Å². The predicted octanol–water partition coefficient (Wildman–Crippen LogP) is 3.54. The smallest absolute Gasteiger partial charge is 0.270 e. The molecule has 0 spiro atoms. The van der Waals surface area contributed by atoms with Crippen LogP contribution in [0, 0.1) is 10.1 Å². The first-order chi connectivity index (χ1) is 13.9. The number of imidazole rings is 1. The zero-order valence-electron chi connectivity index (χ0n) is 15.0. The van der Waals surface area contributed by atoms with Gasteiger partial charge in [0.05, 0.1) is 20.9 Å². The minimum absolute atomic E-state index is 0.191. The summed E-state index contributed by atoms with van der Waals surface area (Å²) < 4.78 is 28.6. The van der Waals surface area contributed by atoms with Crippen LogP contribution in [0.15, 0.2) is 83.8 Å². The number of nitrogens with one attached hydrogen (secondary N) is 2. The lowest BCUT2D eigenvalue weighted by Gasteiger charge is -2.17. The Hall–Kier alpha value is -3.56. The monoisotopic (exact) mass is 408 g/mol. The molecule has 0 radical (unpaired) electrons. The summed E-state index contributed by atoms with van der Waals surface area (Å²) in [7, 11) is -4.06. The summed E-state index contributed by atoms with van der Waals surface area (Å²) in [4.78, 5) is 17.9. The number of aromatic amines is 1. The molecular formula is C20H16N4O4S. The number of nitro benzene ring substituents is 1. The van der Waals surface area contributed by atoms with Gasteiger partial charge in [-0.05, 0) is 23.8 Å². The van der Waals surface area contributed by atoms with Gasteiger partial charge >= 0.3 is 0 Å². The fourth-order valence-electron chi connectivity index (χ4n) is 3.02. The van der Waals surface area contributed by atoms with Gasteiger partial charge in [-0.2, -0.15) is 4.72 Å². The molecule has 0 aliphatic rings. The van der Waals surface area contributed by atoms with Crippen molar-refractivity contribution in [3.05, 3.63) is 100 Å². The zero-order chi connectivity index (χ0) is 20.4. The molecule has 2 N–H and O–H groups in total. The molecule has 1 unspecified atom stereocenters. The van der Waals surface area contributed by atoms with E-state index in [4.69, 9.17) is 0 Å². The highest BCUT2D eigenvalue weighted by molar-refractivity contribution is 7.89. The molecule has 4 aromatic rings. The normalized spacial score (nSPS) is 12.7. The number of hydrogen-bond donors (Lipinski definition) is 2. The second-order valence-electron chi connectivity index (χ2n) is 6.36. The van der Waals surface area contributed by atoms with Crippen molar-refractivity contribution in [3.63, 3.8) is 0 Å². The topological polar surface area (TPSA) is 118 Å². The highest BCUT2D eigenvalue weighted by Crippen LogP contribution is 2.26. The minimum Gasteiger partial charge on any atom is -0.340 e. The number of fused-ring (bicyclic) bond motifs is 1. The summed E-state index contributed by atoms with van der Waals surface area (Å²) in [5, 5.41) is 11.0. The van der Waals surface area contributed by atoms with Crippen LogP contribution in [0.1, 0.15) is 17.4 Å². The Bertz CT molecular complexity index is 1250. The second-order valence-corrected chi connectivity index (χ2v) is 8.07. The van der Waals surface area contributed by atoms with E-state index in [9.17, 15) is 18.5 Å². The number of rotatable bonds is 6. The molecule has 146 valence electrons. The molecule has 0 aliphatic carbocycles. The number of para-hydroxylation sites is 2. The number of hydrogen-bond acceptors (Lipinski definition) is 5. The zero-order valence-corrected chi connectivity index (χ0v) is 15.8. The Balaban J connectivity index is 1.78. The molecule has 1 heterocycles. The molecule has 0 amide bonds. The molecular weight excluding hydrogens is 392 g/mol. The van der Waals surface area contributed by atoms with Crippen molar-refractivity contribution in [1.82, 2.24) is 14.7 Å². The Morgan fingerprint density at radius 1 is 0.966 bits per heavy atom. The average Bonchev–Trinajstić information content (AvgIpc) is 3.17. The molecule has 29 heavy (non-hydrogen) atoms. The van der Waals surface area contributed by atoms with Crippen LogP contribution < -0.4 is 4.72 Å². The fourth-order valence-corrected chi connectivity index (χ4v) is 4.25. The van der Waals surface area contributed by atoms with Gasteiger partial charge in [0.1, 0.15) is 11.9 Å². The molecule has 0 bridgehead atoms. The third-order valence-electron chi connectivity index (χ3n) is 4.43. The van der Waals surface area contributed by atoms with Crippen molar-refractivity contribution in [1.29, 1.82) is 0 Å². The van der Waals surface area contributed by atoms with Gasteiger partial charge in [-0.1, -0.05) is 48.5 Å². The van der Waals surface area contributed by atoms with Crippen molar-refractivity contribution in [2.75, 3.05) is 0 Å². The van der Waals surface area contributed by atoms with Crippen LogP contribution in [-0.2, 0) is 10.0 Å². The molecule has 1 aromatic heterocycles. The quantitative estimate of drug-likeness (QED) is 0.374. The van der Waals surface area contributed by atoms with Crippen molar-refractivity contribution >= 4 is 26.7 Å². The van der Waals surface area contributed by atoms with Crippen LogP contribution in [-0.4, -0.2) is 23.3 Å². The number of aromatic nitrogens is 2. The number of H-pyrrole nitrogens is 1. The van der Waals surface area contributed by atoms with Crippen molar-refractivity contribution in [2.24, 2.45) is 0 Å². The maximum absolute atomic E-state index is 13.0. The average molecular weight is 408 g/mol. The van der Waals surface area contributed by atoms with Gasteiger partial charge in [0, 0.05) is 12.1 Å². The molecule has 1 atom stereocenters. The fraction of sp³-hybridized carbons (Fsp3) is 0.0500. The number of non-ortho nitro benzene ring substituents is 1. The second kappa shape index (κ2) is 7.46. The number of nitrogens with zero attached hydrogens (tertiary/aromatic N) is 2. The van der Waals surface area contributed by atoms with E-state index in [-0.39, 0.29) is 10.6 Å². The van der Waals surface area contributed by atoms with E-state index in [0.717, 1.165) is 11.6 Å². The minimum atomic E-state index is -4.06. The lowest BCUT2D eigenvalue weighted by molar-refractivity contribution is -0.385. The number of nitro groups is 1. The first kappa shape index (κ1) is 18.8. The van der Waals surface area contributed by atoms with Crippen LogP contribution >= 0.6 is 0 Å². The Morgan fingerprint density at radius 2 is 1.69 bits per heavy atom. The molecule has 0 aliphatic heterocycles. The largest absolute Gasteiger partial charge is 0.340 e. The van der Waals surface area contributed by atoms with Crippen LogP contribution in [0.2, 0.25) is 0 Å². The van der Waals surface area contributed by atoms with Crippen molar-refractivity contribution < 1.29 is 13.3 Å². The first-order valence-electron chi connectivity index (χ1n) is 8.70. The Morgan fingerprint density at radius 3 is 2.41 bits per heavy atom. The summed E-state index contributed by atoms with van der Waals surface area (Å²) in [6.07, 6.45) is 0. The summed E-state index contributed by atoms with van der Waals surface area (Å²) in [6.45, 7) is 0. The molecule has 3 aromatic carbocycles. The van der Waals surface area contributed by atoms with Crippen LogP contribution in [0.5, 0.6) is 0 Å². The van der Waals surface area contributed by atoms with E-state index < -0.39 is 21.0 Å². The third-order valence-corrected chi connectivity index (χ3v) is 5.85. The molecule has 4 rings (SSSR count). The maximum atomic E-state index is 13.0.